The van der Waals surface area contributed by atoms with Gasteiger partial charge in [-0.05, 0) is 25.7 Å². The van der Waals surface area contributed by atoms with Gasteiger partial charge in [-0.2, -0.15) is 0 Å². The molecule has 0 saturated heterocycles. The minimum absolute atomic E-state index is 0.0765. The van der Waals surface area contributed by atoms with Crippen molar-refractivity contribution >= 4 is 101 Å². The maximum atomic E-state index is 12.2. The van der Waals surface area contributed by atoms with Gasteiger partial charge in [0.15, 0.2) is 7.59 Å². The van der Waals surface area contributed by atoms with Gasteiger partial charge in [-0.25, -0.2) is 4.57 Å². The van der Waals surface area contributed by atoms with Crippen LogP contribution in [-0.2, 0) is 18.1 Å². The van der Waals surface area contributed by atoms with E-state index >= 15 is 0 Å². The van der Waals surface area contributed by atoms with Gasteiger partial charge in [-0.1, -0.05) is 92.8 Å². The van der Waals surface area contributed by atoms with Gasteiger partial charge in [0.05, 0.1) is 0 Å². The molecule has 2 unspecified atom stereocenters. The Morgan fingerprint density at radius 1 is 0.864 bits per heavy atom. The molecule has 2 atom stereocenters. The normalized spacial score (nSPS) is 18.8. The number of halogens is 8. The predicted octanol–water partition coefficient (Wildman–Crippen LogP) is 7.20. The minimum atomic E-state index is -4.00. The Hall–Kier alpha value is 2.43. The molecule has 22 heavy (non-hydrogen) atoms. The van der Waals surface area contributed by atoms with Crippen LogP contribution >= 0.6 is 101 Å². The lowest BCUT2D eigenvalue weighted by Gasteiger charge is -2.22. The maximum Gasteiger partial charge on any atom is 0.477 e. The van der Waals surface area contributed by atoms with Crippen LogP contribution < -0.4 is 0 Å². The van der Waals surface area contributed by atoms with Crippen LogP contribution in [0.2, 0.25) is 0 Å². The molecular formula is C9H13Cl8O4P. The molecule has 0 aliphatic heterocycles. The third-order valence-electron chi connectivity index (χ3n) is 2.02. The lowest BCUT2D eigenvalue weighted by Crippen LogP contribution is -2.14. The second-order valence-electron chi connectivity index (χ2n) is 3.97. The molecule has 0 heterocycles. The average molecular weight is 500 g/mol. The highest BCUT2D eigenvalue weighted by Gasteiger charge is 2.34. The molecule has 0 bridgehead atoms. The van der Waals surface area contributed by atoms with Gasteiger partial charge in [-0.15, -0.1) is 0 Å². The van der Waals surface area contributed by atoms with E-state index in [0.29, 0.717) is 0 Å². The van der Waals surface area contributed by atoms with Gasteiger partial charge in [0.2, 0.25) is 0 Å². The van der Waals surface area contributed by atoms with E-state index in [1.165, 1.54) is 0 Å². The summed E-state index contributed by atoms with van der Waals surface area (Å²) in [5.41, 5.74) is -2.14. The molecular weight excluding hydrogens is 487 g/mol. The lowest BCUT2D eigenvalue weighted by molar-refractivity contribution is 0.103. The van der Waals surface area contributed by atoms with E-state index < -0.39 is 26.5 Å². The second kappa shape index (κ2) is 10.5. The van der Waals surface area contributed by atoms with Crippen LogP contribution in [0, 0.1) is 0 Å². The standard InChI is InChI=1S/C9H13Cl8O4P/c1-19-22(18,20-6(10)2-4-8(12,13)14)21-7(11)3-5-9(15,16)17/h6-7H,2-5H2,1H3. The van der Waals surface area contributed by atoms with Gasteiger partial charge >= 0.3 is 7.82 Å². The van der Waals surface area contributed by atoms with E-state index in [1.807, 2.05) is 0 Å². The van der Waals surface area contributed by atoms with E-state index in [0.717, 1.165) is 7.11 Å². The minimum Gasteiger partial charge on any atom is -0.290 e. The topological polar surface area (TPSA) is 44.8 Å². The summed E-state index contributed by atoms with van der Waals surface area (Å²) < 4.78 is 23.9. The smallest absolute Gasteiger partial charge is 0.290 e. The summed E-state index contributed by atoms with van der Waals surface area (Å²) in [6.45, 7) is 0. The Bertz CT molecular complexity index is 342. The van der Waals surface area contributed by atoms with Crippen LogP contribution in [0.25, 0.3) is 0 Å². The predicted molar refractivity (Wildman–Crippen MR) is 95.1 cm³/mol. The molecule has 0 spiro atoms. The second-order valence-corrected chi connectivity index (χ2v) is 11.7. The molecule has 0 N–H and O–H groups in total. The van der Waals surface area contributed by atoms with E-state index in [9.17, 15) is 4.57 Å². The Morgan fingerprint density at radius 2 is 1.18 bits per heavy atom. The van der Waals surface area contributed by atoms with Crippen molar-refractivity contribution in [3.05, 3.63) is 0 Å². The van der Waals surface area contributed by atoms with Crippen molar-refractivity contribution in [3.8, 4) is 0 Å². The summed E-state index contributed by atoms with van der Waals surface area (Å²) in [5, 5.41) is 0. The molecule has 0 aromatic carbocycles. The highest BCUT2D eigenvalue weighted by molar-refractivity contribution is 7.48. The van der Waals surface area contributed by atoms with Crippen LogP contribution in [-0.4, -0.2) is 25.8 Å². The fraction of sp³-hybridized carbons (Fsp3) is 1.00. The molecule has 4 nitrogen and oxygen atoms in total. The van der Waals surface area contributed by atoms with E-state index in [4.69, 9.17) is 102 Å². The van der Waals surface area contributed by atoms with Gasteiger partial charge in [0, 0.05) is 7.11 Å². The molecule has 0 rings (SSSR count). The molecule has 0 fully saturated rings. The van der Waals surface area contributed by atoms with Crippen LogP contribution in [0.15, 0.2) is 0 Å². The third kappa shape index (κ3) is 13.7. The quantitative estimate of drug-likeness (QED) is 0.248. The van der Waals surface area contributed by atoms with Crippen molar-refractivity contribution in [1.82, 2.24) is 0 Å². The summed E-state index contributed by atoms with van der Waals surface area (Å²) >= 11 is 45.2. The number of alkyl halides is 8. The van der Waals surface area contributed by atoms with Gasteiger partial charge in [-0.3, -0.25) is 13.6 Å². The molecule has 0 aliphatic carbocycles. The first-order chi connectivity index (χ1) is 9.76. The van der Waals surface area contributed by atoms with Crippen molar-refractivity contribution in [1.29, 1.82) is 0 Å². The molecule has 0 aliphatic rings. The molecule has 0 saturated carbocycles. The Labute approximate surface area is 169 Å². The van der Waals surface area contributed by atoms with Crippen LogP contribution in [0.5, 0.6) is 0 Å². The van der Waals surface area contributed by atoms with E-state index in [1.54, 1.807) is 0 Å². The van der Waals surface area contributed by atoms with Crippen LogP contribution in [0.4, 0.5) is 0 Å². The van der Waals surface area contributed by atoms with Crippen molar-refractivity contribution in [2.75, 3.05) is 7.11 Å². The summed E-state index contributed by atoms with van der Waals surface area (Å²) in [7, 11) is -2.89. The van der Waals surface area contributed by atoms with Crippen molar-refractivity contribution in [2.45, 2.75) is 44.4 Å². The van der Waals surface area contributed by atoms with Crippen LogP contribution in [0.3, 0.4) is 0 Å². The lowest BCUT2D eigenvalue weighted by atomic mass is 10.3. The number of phosphoric ester groups is 1. The zero-order valence-corrected chi connectivity index (χ0v) is 18.0. The maximum absolute atomic E-state index is 12.2. The Kier molecular flexibility index (Phi) is 11.7. The molecule has 0 amide bonds. The Balaban J connectivity index is 4.42. The van der Waals surface area contributed by atoms with Gasteiger partial charge < -0.3 is 0 Å². The molecule has 13 heteroatoms. The summed E-state index contributed by atoms with van der Waals surface area (Å²) in [6.07, 6.45) is 0.339. The first-order valence-corrected chi connectivity index (χ1v) is 10.3. The molecule has 0 aromatic heterocycles. The number of hydrogen-bond donors (Lipinski definition) is 0. The third-order valence-corrected chi connectivity index (χ3v) is 5.49. The van der Waals surface area contributed by atoms with Gasteiger partial charge in [0.25, 0.3) is 0 Å². The van der Waals surface area contributed by atoms with E-state index in [-0.39, 0.29) is 25.7 Å². The van der Waals surface area contributed by atoms with Crippen molar-refractivity contribution in [2.24, 2.45) is 0 Å². The van der Waals surface area contributed by atoms with Gasteiger partial charge in [0.1, 0.15) is 11.1 Å². The SMILES string of the molecule is COP(=O)(OC(Cl)CCC(Cl)(Cl)Cl)OC(Cl)CCC(Cl)(Cl)Cl. The summed E-state index contributed by atoms with van der Waals surface area (Å²) in [5.74, 6) is 0. The highest BCUT2D eigenvalue weighted by atomic mass is 35.6. The Morgan fingerprint density at radius 3 is 1.41 bits per heavy atom. The first kappa shape index (κ1) is 24.4. The molecule has 0 radical (unpaired) electrons. The average Bonchev–Trinajstić information content (AvgIpc) is 2.32. The monoisotopic (exact) mass is 496 g/mol. The number of rotatable bonds is 9. The fourth-order valence-corrected chi connectivity index (χ4v) is 3.50. The van der Waals surface area contributed by atoms with Crippen molar-refractivity contribution in [3.63, 3.8) is 0 Å². The molecule has 0 aromatic rings. The summed E-state index contributed by atoms with van der Waals surface area (Å²) in [6, 6.07) is 0. The van der Waals surface area contributed by atoms with Crippen molar-refractivity contribution < 1.29 is 18.1 Å². The van der Waals surface area contributed by atoms with Crippen LogP contribution in [0.1, 0.15) is 25.7 Å². The van der Waals surface area contributed by atoms with E-state index in [2.05, 4.69) is 4.52 Å². The number of phosphoric acid groups is 1. The molecule has 134 valence electrons. The first-order valence-electron chi connectivity index (χ1n) is 5.70. The summed E-state index contributed by atoms with van der Waals surface area (Å²) in [4.78, 5) is 0. The zero-order chi connectivity index (χ0) is 17.6. The fourth-order valence-electron chi connectivity index (χ4n) is 1.05. The highest BCUT2D eigenvalue weighted by Crippen LogP contribution is 2.53. The zero-order valence-electron chi connectivity index (χ0n) is 11.1. The largest absolute Gasteiger partial charge is 0.477 e. The number of hydrogen-bond acceptors (Lipinski definition) is 4.